The van der Waals surface area contributed by atoms with Crippen LogP contribution in [0, 0.1) is 5.92 Å². The molecule has 1 amide bonds. The van der Waals surface area contributed by atoms with Crippen LogP contribution >= 0.6 is 0 Å². The van der Waals surface area contributed by atoms with E-state index in [0.29, 0.717) is 17.3 Å². The molecular weight excluding hydrogens is 226 g/mol. The lowest BCUT2D eigenvalue weighted by Gasteiger charge is -2.20. The van der Waals surface area contributed by atoms with Crippen LogP contribution in [0.4, 0.5) is 5.82 Å². The van der Waals surface area contributed by atoms with E-state index in [1.807, 2.05) is 27.0 Å². The van der Waals surface area contributed by atoms with E-state index in [4.69, 9.17) is 5.73 Å². The van der Waals surface area contributed by atoms with Gasteiger partial charge in [0.1, 0.15) is 5.82 Å². The minimum absolute atomic E-state index is 0.000278. The first-order chi connectivity index (χ1) is 8.31. The topological polar surface area (TPSA) is 59.2 Å². The van der Waals surface area contributed by atoms with E-state index in [-0.39, 0.29) is 11.8 Å². The Balaban J connectivity index is 2.98. The van der Waals surface area contributed by atoms with Crippen molar-refractivity contribution < 1.29 is 4.79 Å². The summed E-state index contributed by atoms with van der Waals surface area (Å²) in [7, 11) is 1.81. The maximum Gasteiger partial charge on any atom is 0.253 e. The third-order valence-corrected chi connectivity index (χ3v) is 2.69. The first-order valence-corrected chi connectivity index (χ1v) is 6.34. The molecule has 100 valence electrons. The van der Waals surface area contributed by atoms with Gasteiger partial charge in [-0.2, -0.15) is 0 Å². The van der Waals surface area contributed by atoms with Gasteiger partial charge >= 0.3 is 0 Å². The molecule has 0 spiro atoms. The van der Waals surface area contributed by atoms with Gasteiger partial charge in [-0.15, -0.1) is 0 Å². The maximum atomic E-state index is 12.2. The number of hydrogen-bond acceptors (Lipinski definition) is 3. The Morgan fingerprint density at radius 2 is 1.94 bits per heavy atom. The first kappa shape index (κ1) is 14.5. The number of rotatable bonds is 4. The molecule has 0 saturated carbocycles. The van der Waals surface area contributed by atoms with Crippen molar-refractivity contribution in [1.29, 1.82) is 0 Å². The lowest BCUT2D eigenvalue weighted by atomic mass is 10.1. The molecular formula is C14H23N3O. The van der Waals surface area contributed by atoms with Crippen LogP contribution in [0.15, 0.2) is 12.1 Å². The van der Waals surface area contributed by atoms with Gasteiger partial charge in [-0.05, 0) is 24.0 Å². The van der Waals surface area contributed by atoms with Crippen LogP contribution in [0.5, 0.6) is 0 Å². The molecule has 0 saturated heterocycles. The van der Waals surface area contributed by atoms with E-state index in [1.165, 1.54) is 0 Å². The molecule has 4 nitrogen and oxygen atoms in total. The van der Waals surface area contributed by atoms with E-state index >= 15 is 0 Å². The molecule has 2 N–H and O–H groups in total. The molecule has 1 heterocycles. The van der Waals surface area contributed by atoms with Gasteiger partial charge in [-0.1, -0.05) is 27.7 Å². The third kappa shape index (κ3) is 3.72. The molecule has 1 aromatic rings. The third-order valence-electron chi connectivity index (χ3n) is 2.69. The SMILES string of the molecule is CC(C)CN(C)C(=O)c1cc(N)nc(C(C)C)c1. The smallest absolute Gasteiger partial charge is 0.253 e. The maximum absolute atomic E-state index is 12.2. The minimum Gasteiger partial charge on any atom is -0.384 e. The Morgan fingerprint density at radius 3 is 2.44 bits per heavy atom. The van der Waals surface area contributed by atoms with Crippen LogP contribution in [0.1, 0.15) is 49.7 Å². The molecule has 0 aliphatic rings. The Labute approximate surface area is 109 Å². The highest BCUT2D eigenvalue weighted by Gasteiger charge is 2.15. The van der Waals surface area contributed by atoms with Crippen molar-refractivity contribution in [2.24, 2.45) is 5.92 Å². The van der Waals surface area contributed by atoms with Gasteiger partial charge in [0.25, 0.3) is 5.91 Å². The monoisotopic (exact) mass is 249 g/mol. The Morgan fingerprint density at radius 1 is 1.33 bits per heavy atom. The standard InChI is InChI=1S/C14H23N3O/c1-9(2)8-17(5)14(18)11-6-12(10(3)4)16-13(15)7-11/h6-7,9-10H,8H2,1-5H3,(H2,15,16). The van der Waals surface area contributed by atoms with Crippen molar-refractivity contribution in [2.45, 2.75) is 33.6 Å². The zero-order chi connectivity index (χ0) is 13.9. The van der Waals surface area contributed by atoms with Gasteiger partial charge < -0.3 is 10.6 Å². The van der Waals surface area contributed by atoms with Crippen molar-refractivity contribution in [3.63, 3.8) is 0 Å². The summed E-state index contributed by atoms with van der Waals surface area (Å²) in [4.78, 5) is 18.2. The van der Waals surface area contributed by atoms with Crippen LogP contribution in [-0.4, -0.2) is 29.4 Å². The number of carbonyl (C=O) groups excluding carboxylic acids is 1. The second-order valence-electron chi connectivity index (χ2n) is 5.44. The summed E-state index contributed by atoms with van der Waals surface area (Å²) in [6, 6.07) is 3.48. The van der Waals surface area contributed by atoms with E-state index < -0.39 is 0 Å². The number of nitrogen functional groups attached to an aromatic ring is 1. The molecule has 0 aliphatic heterocycles. The number of pyridine rings is 1. The Hall–Kier alpha value is -1.58. The minimum atomic E-state index is -0.000278. The highest BCUT2D eigenvalue weighted by atomic mass is 16.2. The van der Waals surface area contributed by atoms with E-state index in [1.54, 1.807) is 11.0 Å². The van der Waals surface area contributed by atoms with Gasteiger partial charge in [0, 0.05) is 24.8 Å². The molecule has 0 fully saturated rings. The summed E-state index contributed by atoms with van der Waals surface area (Å²) < 4.78 is 0. The molecule has 0 aliphatic carbocycles. The zero-order valence-corrected chi connectivity index (χ0v) is 11.9. The molecule has 0 radical (unpaired) electrons. The van der Waals surface area contributed by atoms with Gasteiger partial charge in [0.05, 0.1) is 0 Å². The normalized spacial score (nSPS) is 11.1. The van der Waals surface area contributed by atoms with Crippen molar-refractivity contribution in [1.82, 2.24) is 9.88 Å². The average molecular weight is 249 g/mol. The van der Waals surface area contributed by atoms with Crippen LogP contribution in [0.2, 0.25) is 0 Å². The van der Waals surface area contributed by atoms with E-state index in [2.05, 4.69) is 18.8 Å². The molecule has 0 bridgehead atoms. The average Bonchev–Trinajstić information content (AvgIpc) is 2.26. The number of hydrogen-bond donors (Lipinski definition) is 1. The Kier molecular flexibility index (Phi) is 4.70. The predicted molar refractivity (Wildman–Crippen MR) is 74.5 cm³/mol. The van der Waals surface area contributed by atoms with Crippen molar-refractivity contribution in [3.05, 3.63) is 23.4 Å². The quantitative estimate of drug-likeness (QED) is 0.892. The molecule has 0 aromatic carbocycles. The van der Waals surface area contributed by atoms with Crippen LogP contribution in [0.3, 0.4) is 0 Å². The molecule has 18 heavy (non-hydrogen) atoms. The molecule has 4 heteroatoms. The number of carbonyl (C=O) groups is 1. The second kappa shape index (κ2) is 5.85. The molecule has 1 rings (SSSR count). The van der Waals surface area contributed by atoms with Crippen molar-refractivity contribution >= 4 is 11.7 Å². The summed E-state index contributed by atoms with van der Waals surface area (Å²) in [6.07, 6.45) is 0. The number of amides is 1. The lowest BCUT2D eigenvalue weighted by molar-refractivity contribution is 0.0779. The Bertz CT molecular complexity index is 427. The fraction of sp³-hybridized carbons (Fsp3) is 0.571. The van der Waals surface area contributed by atoms with Crippen LogP contribution < -0.4 is 5.73 Å². The summed E-state index contributed by atoms with van der Waals surface area (Å²) in [5.41, 5.74) is 7.23. The lowest BCUT2D eigenvalue weighted by Crippen LogP contribution is -2.30. The van der Waals surface area contributed by atoms with Crippen molar-refractivity contribution in [2.75, 3.05) is 19.3 Å². The number of nitrogens with two attached hydrogens (primary N) is 1. The van der Waals surface area contributed by atoms with Crippen LogP contribution in [0.25, 0.3) is 0 Å². The fourth-order valence-corrected chi connectivity index (χ4v) is 1.84. The summed E-state index contributed by atoms with van der Waals surface area (Å²) in [6.45, 7) is 8.98. The van der Waals surface area contributed by atoms with E-state index in [0.717, 1.165) is 12.2 Å². The van der Waals surface area contributed by atoms with Gasteiger partial charge in [0.2, 0.25) is 0 Å². The number of nitrogens with zero attached hydrogens (tertiary/aromatic N) is 2. The zero-order valence-electron chi connectivity index (χ0n) is 11.9. The summed E-state index contributed by atoms with van der Waals surface area (Å²) in [5.74, 6) is 1.11. The molecule has 1 aromatic heterocycles. The predicted octanol–water partition coefficient (Wildman–Crippen LogP) is 2.52. The highest BCUT2D eigenvalue weighted by molar-refractivity contribution is 5.94. The van der Waals surface area contributed by atoms with Crippen LogP contribution in [-0.2, 0) is 0 Å². The number of anilines is 1. The summed E-state index contributed by atoms with van der Waals surface area (Å²) in [5, 5.41) is 0. The van der Waals surface area contributed by atoms with Crippen molar-refractivity contribution in [3.8, 4) is 0 Å². The first-order valence-electron chi connectivity index (χ1n) is 6.34. The number of aromatic nitrogens is 1. The fourth-order valence-electron chi connectivity index (χ4n) is 1.84. The molecule has 0 atom stereocenters. The second-order valence-corrected chi connectivity index (χ2v) is 5.44. The van der Waals surface area contributed by atoms with Gasteiger partial charge in [-0.25, -0.2) is 4.98 Å². The largest absolute Gasteiger partial charge is 0.384 e. The van der Waals surface area contributed by atoms with Gasteiger partial charge in [0.15, 0.2) is 0 Å². The van der Waals surface area contributed by atoms with E-state index in [9.17, 15) is 4.79 Å². The van der Waals surface area contributed by atoms with Gasteiger partial charge in [-0.3, -0.25) is 4.79 Å². The highest BCUT2D eigenvalue weighted by Crippen LogP contribution is 2.17. The summed E-state index contributed by atoms with van der Waals surface area (Å²) >= 11 is 0. The molecule has 0 unspecified atom stereocenters.